The molecular weight excluding hydrogens is 412 g/mol. The molecule has 0 saturated heterocycles. The zero-order valence-electron chi connectivity index (χ0n) is 17.9. The fourth-order valence-electron chi connectivity index (χ4n) is 3.24. The Morgan fingerprint density at radius 1 is 1.03 bits per heavy atom. The van der Waals surface area contributed by atoms with E-state index >= 15 is 0 Å². The van der Waals surface area contributed by atoms with Gasteiger partial charge in [-0.1, -0.05) is 37.3 Å². The first-order chi connectivity index (χ1) is 15.0. The van der Waals surface area contributed by atoms with E-state index in [0.717, 1.165) is 22.4 Å². The molecule has 7 heteroatoms. The average molecular weight is 439 g/mol. The van der Waals surface area contributed by atoms with Gasteiger partial charge in [-0.2, -0.15) is 0 Å². The number of hydrogen-bond acceptors (Lipinski definition) is 5. The van der Waals surface area contributed by atoms with Crippen molar-refractivity contribution in [3.05, 3.63) is 64.5 Å². The van der Waals surface area contributed by atoms with Gasteiger partial charge in [-0.3, -0.25) is 9.59 Å². The van der Waals surface area contributed by atoms with Crippen LogP contribution in [0, 0.1) is 6.92 Å². The van der Waals surface area contributed by atoms with Crippen molar-refractivity contribution in [2.24, 2.45) is 5.73 Å². The first kappa shape index (κ1) is 22.4. The van der Waals surface area contributed by atoms with Crippen LogP contribution < -0.4 is 20.5 Å². The summed E-state index contributed by atoms with van der Waals surface area (Å²) in [5.41, 5.74) is 8.02. The highest BCUT2D eigenvalue weighted by Gasteiger charge is 2.23. The number of rotatable bonds is 9. The quantitative estimate of drug-likeness (QED) is 0.477. The number of anilines is 1. The van der Waals surface area contributed by atoms with E-state index in [9.17, 15) is 9.59 Å². The molecule has 0 bridgehead atoms. The summed E-state index contributed by atoms with van der Waals surface area (Å²) in [4.78, 5) is 26.1. The number of ether oxygens (including phenoxy) is 2. The van der Waals surface area contributed by atoms with Gasteiger partial charge in [0, 0.05) is 16.0 Å². The van der Waals surface area contributed by atoms with E-state index in [0.29, 0.717) is 40.8 Å². The van der Waals surface area contributed by atoms with Crippen molar-refractivity contribution in [1.82, 2.24) is 0 Å². The highest BCUT2D eigenvalue weighted by Crippen LogP contribution is 2.40. The second-order valence-corrected chi connectivity index (χ2v) is 8.09. The first-order valence-electron chi connectivity index (χ1n) is 10.2. The van der Waals surface area contributed by atoms with Crippen LogP contribution in [0.2, 0.25) is 0 Å². The average Bonchev–Trinajstić information content (AvgIpc) is 3.09. The van der Waals surface area contributed by atoms with Crippen molar-refractivity contribution >= 4 is 28.2 Å². The molecule has 2 aromatic carbocycles. The number of benzene rings is 2. The Labute approximate surface area is 186 Å². The van der Waals surface area contributed by atoms with Crippen molar-refractivity contribution in [2.45, 2.75) is 27.2 Å². The topological polar surface area (TPSA) is 90.6 Å². The number of nitrogens with one attached hydrogen (secondary N) is 1. The van der Waals surface area contributed by atoms with E-state index in [1.54, 1.807) is 18.2 Å². The highest BCUT2D eigenvalue weighted by atomic mass is 32.1. The van der Waals surface area contributed by atoms with Gasteiger partial charge in [0.25, 0.3) is 11.8 Å². The Bertz CT molecular complexity index is 1080. The minimum absolute atomic E-state index is 0.315. The number of primary amides is 1. The van der Waals surface area contributed by atoms with Gasteiger partial charge in [-0.05, 0) is 44.0 Å². The molecule has 0 saturated carbocycles. The normalized spacial score (nSPS) is 10.5. The molecule has 0 spiro atoms. The highest BCUT2D eigenvalue weighted by molar-refractivity contribution is 7.17. The summed E-state index contributed by atoms with van der Waals surface area (Å²) in [7, 11) is 0. The van der Waals surface area contributed by atoms with E-state index in [1.807, 2.05) is 51.1 Å². The molecule has 3 rings (SSSR count). The van der Waals surface area contributed by atoms with Crippen LogP contribution in [0.15, 0.2) is 48.5 Å². The van der Waals surface area contributed by atoms with Gasteiger partial charge in [0.05, 0.1) is 18.8 Å². The lowest BCUT2D eigenvalue weighted by atomic mass is 10.0. The maximum atomic E-state index is 13.0. The SMILES string of the molecule is CCCOc1ccc(C(=O)Nc2sc(C)c(-c3ccccc3)c2C(N)=O)cc1OCC. The molecule has 31 heavy (non-hydrogen) atoms. The van der Waals surface area contributed by atoms with Gasteiger partial charge in [0.15, 0.2) is 11.5 Å². The van der Waals surface area contributed by atoms with Crippen LogP contribution >= 0.6 is 11.3 Å². The summed E-state index contributed by atoms with van der Waals surface area (Å²) in [6.45, 7) is 6.80. The van der Waals surface area contributed by atoms with Crippen LogP contribution in [0.5, 0.6) is 11.5 Å². The summed E-state index contributed by atoms with van der Waals surface area (Å²) >= 11 is 1.33. The Kier molecular flexibility index (Phi) is 7.31. The van der Waals surface area contributed by atoms with Gasteiger partial charge in [-0.25, -0.2) is 0 Å². The fraction of sp³-hybridized carbons (Fsp3) is 0.250. The molecule has 0 fully saturated rings. The molecule has 0 aliphatic carbocycles. The number of nitrogens with two attached hydrogens (primary N) is 1. The zero-order chi connectivity index (χ0) is 22.4. The molecule has 162 valence electrons. The van der Waals surface area contributed by atoms with Crippen LogP contribution in [0.25, 0.3) is 11.1 Å². The third kappa shape index (κ3) is 5.06. The van der Waals surface area contributed by atoms with E-state index in [4.69, 9.17) is 15.2 Å². The van der Waals surface area contributed by atoms with Crippen LogP contribution in [0.4, 0.5) is 5.00 Å². The number of thiophene rings is 1. The molecule has 6 nitrogen and oxygen atoms in total. The summed E-state index contributed by atoms with van der Waals surface area (Å²) in [5.74, 6) is 0.158. The number of aryl methyl sites for hydroxylation is 1. The summed E-state index contributed by atoms with van der Waals surface area (Å²) in [5, 5.41) is 3.28. The van der Waals surface area contributed by atoms with Crippen molar-refractivity contribution in [3.8, 4) is 22.6 Å². The molecule has 0 aliphatic heterocycles. The van der Waals surface area contributed by atoms with Crippen LogP contribution in [0.1, 0.15) is 45.9 Å². The summed E-state index contributed by atoms with van der Waals surface area (Å²) in [6.07, 6.45) is 0.866. The standard InChI is InChI=1S/C24H26N2O4S/c1-4-13-30-18-12-11-17(14-19(18)29-5-2)23(28)26-24-21(22(25)27)20(15(3)31-24)16-9-7-6-8-10-16/h6-12,14H,4-5,13H2,1-3H3,(H2,25,27)(H,26,28). The Hall–Kier alpha value is -3.32. The maximum Gasteiger partial charge on any atom is 0.256 e. The minimum atomic E-state index is -0.586. The molecule has 3 N–H and O–H groups in total. The van der Waals surface area contributed by atoms with Crippen LogP contribution in [0.3, 0.4) is 0 Å². The van der Waals surface area contributed by atoms with Crippen molar-refractivity contribution < 1.29 is 19.1 Å². The lowest BCUT2D eigenvalue weighted by molar-refractivity contribution is 0.100. The van der Waals surface area contributed by atoms with E-state index in [1.165, 1.54) is 11.3 Å². The Morgan fingerprint density at radius 2 is 1.77 bits per heavy atom. The second-order valence-electron chi connectivity index (χ2n) is 6.86. The van der Waals surface area contributed by atoms with Crippen molar-refractivity contribution in [2.75, 3.05) is 18.5 Å². The number of carbonyl (C=O) groups excluding carboxylic acids is 2. The molecule has 0 unspecified atom stereocenters. The number of amides is 2. The van der Waals surface area contributed by atoms with Crippen LogP contribution in [-0.4, -0.2) is 25.0 Å². The monoisotopic (exact) mass is 438 g/mol. The molecule has 3 aromatic rings. The largest absolute Gasteiger partial charge is 0.490 e. The first-order valence-corrected chi connectivity index (χ1v) is 11.0. The predicted molar refractivity (Wildman–Crippen MR) is 124 cm³/mol. The second kappa shape index (κ2) is 10.1. The van der Waals surface area contributed by atoms with E-state index < -0.39 is 5.91 Å². The molecular formula is C24H26N2O4S. The number of carbonyl (C=O) groups is 2. The third-order valence-corrected chi connectivity index (χ3v) is 5.61. The van der Waals surface area contributed by atoms with Crippen LogP contribution in [-0.2, 0) is 0 Å². The molecule has 0 atom stereocenters. The smallest absolute Gasteiger partial charge is 0.256 e. The number of hydrogen-bond donors (Lipinski definition) is 2. The predicted octanol–water partition coefficient (Wildman–Crippen LogP) is 5.26. The summed E-state index contributed by atoms with van der Waals surface area (Å²) < 4.78 is 11.3. The van der Waals surface area contributed by atoms with Crippen molar-refractivity contribution in [1.29, 1.82) is 0 Å². The molecule has 0 aliphatic rings. The van der Waals surface area contributed by atoms with Gasteiger partial charge >= 0.3 is 0 Å². The molecule has 2 amide bonds. The molecule has 1 heterocycles. The lowest BCUT2D eigenvalue weighted by Gasteiger charge is -2.13. The van der Waals surface area contributed by atoms with Gasteiger partial charge in [0.1, 0.15) is 5.00 Å². The minimum Gasteiger partial charge on any atom is -0.490 e. The third-order valence-electron chi connectivity index (χ3n) is 4.59. The van der Waals surface area contributed by atoms with E-state index in [-0.39, 0.29) is 5.91 Å². The maximum absolute atomic E-state index is 13.0. The zero-order valence-corrected chi connectivity index (χ0v) is 18.7. The van der Waals surface area contributed by atoms with Gasteiger partial charge in [-0.15, -0.1) is 11.3 Å². The Balaban J connectivity index is 1.93. The summed E-state index contributed by atoms with van der Waals surface area (Å²) in [6, 6.07) is 14.6. The fourth-order valence-corrected chi connectivity index (χ4v) is 4.32. The van der Waals surface area contributed by atoms with Gasteiger partial charge < -0.3 is 20.5 Å². The molecule has 1 aromatic heterocycles. The molecule has 0 radical (unpaired) electrons. The van der Waals surface area contributed by atoms with Crippen molar-refractivity contribution in [3.63, 3.8) is 0 Å². The van der Waals surface area contributed by atoms with E-state index in [2.05, 4.69) is 5.32 Å². The van der Waals surface area contributed by atoms with Gasteiger partial charge in [0.2, 0.25) is 0 Å². The lowest BCUT2D eigenvalue weighted by Crippen LogP contribution is -2.17. The Morgan fingerprint density at radius 3 is 2.42 bits per heavy atom.